The summed E-state index contributed by atoms with van der Waals surface area (Å²) in [5.41, 5.74) is 5.46. The molecule has 0 saturated carbocycles. The average Bonchev–Trinajstić information content (AvgIpc) is 2.49. The average molecular weight is 168 g/mol. The number of hydrogen-bond acceptors (Lipinski definition) is 3. The summed E-state index contributed by atoms with van der Waals surface area (Å²) in [5, 5.41) is 8.13. The Morgan fingerprint density at radius 3 is 2.67 bits per heavy atom. The van der Waals surface area contributed by atoms with Crippen molar-refractivity contribution in [2.45, 2.75) is 33.2 Å². The molecule has 2 atom stereocenters. The fourth-order valence-corrected chi connectivity index (χ4v) is 1.05. The first-order valence-electron chi connectivity index (χ1n) is 4.32. The summed E-state index contributed by atoms with van der Waals surface area (Å²) in [4.78, 5) is 1.68. The fraction of sp³-hybridized carbons (Fsp3) is 0.750. The van der Waals surface area contributed by atoms with Gasteiger partial charge < -0.3 is 5.73 Å². The van der Waals surface area contributed by atoms with Crippen LogP contribution in [-0.4, -0.2) is 15.0 Å². The number of nitrogen functional groups attached to an aromatic ring is 1. The summed E-state index contributed by atoms with van der Waals surface area (Å²) in [7, 11) is 0. The van der Waals surface area contributed by atoms with Gasteiger partial charge in [-0.3, -0.25) is 0 Å². The van der Waals surface area contributed by atoms with Gasteiger partial charge >= 0.3 is 0 Å². The maximum atomic E-state index is 5.46. The van der Waals surface area contributed by atoms with E-state index in [-0.39, 0.29) is 0 Å². The molecule has 4 heteroatoms. The van der Waals surface area contributed by atoms with Gasteiger partial charge in [0.1, 0.15) is 0 Å². The Morgan fingerprint density at radius 2 is 2.25 bits per heavy atom. The lowest BCUT2D eigenvalue weighted by Gasteiger charge is -2.16. The van der Waals surface area contributed by atoms with E-state index < -0.39 is 0 Å². The van der Waals surface area contributed by atoms with Crippen LogP contribution in [-0.2, 0) is 0 Å². The topological polar surface area (TPSA) is 56.7 Å². The van der Waals surface area contributed by atoms with Gasteiger partial charge in [0, 0.05) is 0 Å². The van der Waals surface area contributed by atoms with Crippen LogP contribution in [0.25, 0.3) is 0 Å². The van der Waals surface area contributed by atoms with Crippen LogP contribution in [0.4, 0.5) is 5.82 Å². The van der Waals surface area contributed by atoms with Gasteiger partial charge in [-0.15, -0.1) is 5.10 Å². The molecule has 0 bridgehead atoms. The maximum absolute atomic E-state index is 5.46. The van der Waals surface area contributed by atoms with Crippen molar-refractivity contribution in [1.82, 2.24) is 15.0 Å². The lowest BCUT2D eigenvalue weighted by Crippen LogP contribution is -2.16. The van der Waals surface area contributed by atoms with Gasteiger partial charge in [0.2, 0.25) is 0 Å². The van der Waals surface area contributed by atoms with Crippen molar-refractivity contribution in [2.24, 2.45) is 5.92 Å². The lowest BCUT2D eigenvalue weighted by molar-refractivity contribution is 0.313. The van der Waals surface area contributed by atoms with E-state index in [1.807, 2.05) is 0 Å². The Hall–Kier alpha value is -1.06. The van der Waals surface area contributed by atoms with E-state index in [1.54, 1.807) is 11.0 Å². The quantitative estimate of drug-likeness (QED) is 0.743. The SMILES string of the molecule is CCC(C)C(C)n1ncc(N)n1. The van der Waals surface area contributed by atoms with Gasteiger partial charge in [-0.2, -0.15) is 9.90 Å². The Balaban J connectivity index is 2.70. The third kappa shape index (κ3) is 1.75. The van der Waals surface area contributed by atoms with E-state index in [0.717, 1.165) is 6.42 Å². The van der Waals surface area contributed by atoms with Gasteiger partial charge in [0.15, 0.2) is 5.82 Å². The first kappa shape index (κ1) is 9.03. The van der Waals surface area contributed by atoms with Crippen LogP contribution in [0.2, 0.25) is 0 Å². The number of hydrogen-bond donors (Lipinski definition) is 1. The molecule has 2 unspecified atom stereocenters. The van der Waals surface area contributed by atoms with Crippen molar-refractivity contribution in [3.8, 4) is 0 Å². The second kappa shape index (κ2) is 3.56. The molecular formula is C8H16N4. The minimum Gasteiger partial charge on any atom is -0.381 e. The number of rotatable bonds is 3. The molecule has 1 heterocycles. The molecule has 0 aliphatic rings. The molecule has 0 aromatic carbocycles. The van der Waals surface area contributed by atoms with Crippen molar-refractivity contribution in [1.29, 1.82) is 0 Å². The largest absolute Gasteiger partial charge is 0.381 e. The fourth-order valence-electron chi connectivity index (χ4n) is 1.05. The van der Waals surface area contributed by atoms with Crippen LogP contribution in [0, 0.1) is 5.92 Å². The van der Waals surface area contributed by atoms with E-state index in [2.05, 4.69) is 31.0 Å². The minimum atomic E-state index is 0.326. The molecule has 0 aliphatic carbocycles. The molecule has 1 aromatic heterocycles. The Labute approximate surface area is 72.8 Å². The predicted molar refractivity (Wildman–Crippen MR) is 48.6 cm³/mol. The molecule has 4 nitrogen and oxygen atoms in total. The maximum Gasteiger partial charge on any atom is 0.165 e. The summed E-state index contributed by atoms with van der Waals surface area (Å²) in [6.45, 7) is 6.45. The predicted octanol–water partition coefficient (Wildman–Crippen LogP) is 1.47. The van der Waals surface area contributed by atoms with Crippen molar-refractivity contribution in [2.75, 3.05) is 5.73 Å². The van der Waals surface area contributed by atoms with E-state index in [0.29, 0.717) is 17.8 Å². The molecular weight excluding hydrogens is 152 g/mol. The molecule has 0 saturated heterocycles. The normalized spacial score (nSPS) is 15.9. The zero-order chi connectivity index (χ0) is 9.14. The van der Waals surface area contributed by atoms with Crippen LogP contribution in [0.15, 0.2) is 6.20 Å². The summed E-state index contributed by atoms with van der Waals surface area (Å²) in [6.07, 6.45) is 2.71. The van der Waals surface area contributed by atoms with Crippen LogP contribution in [0.5, 0.6) is 0 Å². The van der Waals surface area contributed by atoms with Gasteiger partial charge in [-0.25, -0.2) is 0 Å². The van der Waals surface area contributed by atoms with Crippen molar-refractivity contribution < 1.29 is 0 Å². The number of nitrogens with zero attached hydrogens (tertiary/aromatic N) is 3. The molecule has 0 fully saturated rings. The zero-order valence-corrected chi connectivity index (χ0v) is 7.86. The van der Waals surface area contributed by atoms with Crippen molar-refractivity contribution in [3.63, 3.8) is 0 Å². The smallest absolute Gasteiger partial charge is 0.165 e. The van der Waals surface area contributed by atoms with E-state index in [1.165, 1.54) is 0 Å². The molecule has 68 valence electrons. The molecule has 1 aromatic rings. The Kier molecular flexibility index (Phi) is 2.68. The third-order valence-electron chi connectivity index (χ3n) is 2.36. The molecule has 0 aliphatic heterocycles. The number of aromatic nitrogens is 3. The zero-order valence-electron chi connectivity index (χ0n) is 7.86. The molecule has 0 radical (unpaired) electrons. The van der Waals surface area contributed by atoms with Gasteiger partial charge in [-0.05, 0) is 12.8 Å². The van der Waals surface area contributed by atoms with Gasteiger partial charge in [-0.1, -0.05) is 20.3 Å². The van der Waals surface area contributed by atoms with Gasteiger partial charge in [0.05, 0.1) is 12.2 Å². The van der Waals surface area contributed by atoms with Crippen LogP contribution in [0.3, 0.4) is 0 Å². The van der Waals surface area contributed by atoms with E-state index >= 15 is 0 Å². The summed E-state index contributed by atoms with van der Waals surface area (Å²) < 4.78 is 0. The molecule has 0 spiro atoms. The number of anilines is 1. The molecule has 2 N–H and O–H groups in total. The Bertz CT molecular complexity index is 243. The second-order valence-corrected chi connectivity index (χ2v) is 3.22. The number of nitrogens with two attached hydrogens (primary N) is 1. The van der Waals surface area contributed by atoms with E-state index in [4.69, 9.17) is 5.73 Å². The first-order chi connectivity index (χ1) is 5.65. The highest BCUT2D eigenvalue weighted by Gasteiger charge is 2.13. The highest BCUT2D eigenvalue weighted by molar-refractivity contribution is 5.19. The third-order valence-corrected chi connectivity index (χ3v) is 2.36. The second-order valence-electron chi connectivity index (χ2n) is 3.22. The molecule has 12 heavy (non-hydrogen) atoms. The minimum absolute atomic E-state index is 0.326. The monoisotopic (exact) mass is 168 g/mol. The molecule has 1 rings (SSSR count). The highest BCUT2D eigenvalue weighted by atomic mass is 15.5. The van der Waals surface area contributed by atoms with Crippen LogP contribution in [0.1, 0.15) is 33.2 Å². The van der Waals surface area contributed by atoms with E-state index in [9.17, 15) is 0 Å². The van der Waals surface area contributed by atoms with Crippen molar-refractivity contribution >= 4 is 5.82 Å². The standard InChI is InChI=1S/C8H16N4/c1-4-6(2)7(3)12-10-5-8(9)11-12/h5-7H,4H2,1-3H3,(H2,9,11). The Morgan fingerprint density at radius 1 is 1.58 bits per heavy atom. The lowest BCUT2D eigenvalue weighted by atomic mass is 10.0. The van der Waals surface area contributed by atoms with Crippen molar-refractivity contribution in [3.05, 3.63) is 6.20 Å². The summed E-state index contributed by atoms with van der Waals surface area (Å²) >= 11 is 0. The molecule has 0 amide bonds. The summed E-state index contributed by atoms with van der Waals surface area (Å²) in [6, 6.07) is 0.326. The van der Waals surface area contributed by atoms with Crippen LogP contribution >= 0.6 is 0 Å². The van der Waals surface area contributed by atoms with Crippen LogP contribution < -0.4 is 5.73 Å². The highest BCUT2D eigenvalue weighted by Crippen LogP contribution is 2.18. The summed E-state index contributed by atoms with van der Waals surface area (Å²) in [5.74, 6) is 1.07. The first-order valence-corrected chi connectivity index (χ1v) is 4.32. The van der Waals surface area contributed by atoms with Gasteiger partial charge in [0.25, 0.3) is 0 Å².